The van der Waals surface area contributed by atoms with Crippen molar-refractivity contribution in [2.45, 2.75) is 20.3 Å². The highest BCUT2D eigenvalue weighted by Gasteiger charge is 2.07. The summed E-state index contributed by atoms with van der Waals surface area (Å²) in [5.74, 6) is -0.296. The van der Waals surface area contributed by atoms with E-state index in [1.54, 1.807) is 12.1 Å². The van der Waals surface area contributed by atoms with Gasteiger partial charge < -0.3 is 10.6 Å². The van der Waals surface area contributed by atoms with E-state index in [9.17, 15) is 9.18 Å². The zero-order valence-corrected chi connectivity index (χ0v) is 12.9. The molecule has 0 aliphatic heterocycles. The zero-order chi connectivity index (χ0) is 15.9. The summed E-state index contributed by atoms with van der Waals surface area (Å²) >= 11 is 0. The minimum atomic E-state index is -0.204. The molecule has 0 saturated heterocycles. The van der Waals surface area contributed by atoms with Crippen LogP contribution in [0.2, 0.25) is 0 Å². The monoisotopic (exact) mass is 300 g/mol. The van der Waals surface area contributed by atoms with Crippen molar-refractivity contribution in [3.63, 3.8) is 0 Å². The quantitative estimate of drug-likeness (QED) is 0.804. The van der Waals surface area contributed by atoms with E-state index in [0.717, 1.165) is 16.8 Å². The molecule has 1 amide bonds. The fourth-order valence-electron chi connectivity index (χ4n) is 2.32. The number of anilines is 1. The molecular formula is C18H21FN2O. The van der Waals surface area contributed by atoms with Crippen LogP contribution in [-0.4, -0.2) is 19.0 Å². The second kappa shape index (κ2) is 7.71. The van der Waals surface area contributed by atoms with Gasteiger partial charge in [-0.25, -0.2) is 4.39 Å². The Morgan fingerprint density at radius 3 is 2.41 bits per heavy atom. The third-order valence-electron chi connectivity index (χ3n) is 3.56. The maximum atomic E-state index is 13.4. The fourth-order valence-corrected chi connectivity index (χ4v) is 2.32. The summed E-state index contributed by atoms with van der Waals surface area (Å²) in [6.45, 7) is 4.70. The number of benzene rings is 2. The summed E-state index contributed by atoms with van der Waals surface area (Å²) in [6, 6.07) is 12.6. The average Bonchev–Trinajstić information content (AvgIpc) is 2.49. The molecule has 0 aliphatic carbocycles. The number of halogens is 1. The molecule has 0 radical (unpaired) electrons. The van der Waals surface area contributed by atoms with Crippen molar-refractivity contribution < 1.29 is 9.18 Å². The Kier molecular flexibility index (Phi) is 5.67. The average molecular weight is 300 g/mol. The van der Waals surface area contributed by atoms with Gasteiger partial charge in [-0.15, -0.1) is 0 Å². The van der Waals surface area contributed by atoms with E-state index in [1.165, 1.54) is 6.07 Å². The molecule has 0 aliphatic rings. The van der Waals surface area contributed by atoms with Crippen LogP contribution in [0, 0.1) is 19.7 Å². The molecule has 0 bridgehead atoms. The van der Waals surface area contributed by atoms with E-state index in [0.29, 0.717) is 18.5 Å². The van der Waals surface area contributed by atoms with Gasteiger partial charge in [0.25, 0.3) is 0 Å². The number of rotatable bonds is 6. The summed E-state index contributed by atoms with van der Waals surface area (Å²) < 4.78 is 13.4. The maximum Gasteiger partial charge on any atom is 0.238 e. The van der Waals surface area contributed by atoms with E-state index < -0.39 is 0 Å². The SMILES string of the molecule is Cc1cccc(C)c1NC(=O)CNCCc1ccccc1F. The molecule has 2 aromatic rings. The Bertz CT molecular complexity index is 635. The molecular weight excluding hydrogens is 279 g/mol. The van der Waals surface area contributed by atoms with Crippen LogP contribution < -0.4 is 10.6 Å². The minimum absolute atomic E-state index is 0.0917. The van der Waals surface area contributed by atoms with Gasteiger partial charge in [-0.1, -0.05) is 36.4 Å². The minimum Gasteiger partial charge on any atom is -0.324 e. The molecule has 22 heavy (non-hydrogen) atoms. The molecule has 0 heterocycles. The van der Waals surface area contributed by atoms with Crippen molar-refractivity contribution in [1.82, 2.24) is 5.32 Å². The van der Waals surface area contributed by atoms with Crippen molar-refractivity contribution in [2.24, 2.45) is 0 Å². The predicted octanol–water partition coefficient (Wildman–Crippen LogP) is 3.21. The van der Waals surface area contributed by atoms with Crippen molar-refractivity contribution in [3.8, 4) is 0 Å². The highest BCUT2D eigenvalue weighted by molar-refractivity contribution is 5.93. The highest BCUT2D eigenvalue weighted by atomic mass is 19.1. The Morgan fingerprint density at radius 1 is 1.05 bits per heavy atom. The lowest BCUT2D eigenvalue weighted by Gasteiger charge is -2.12. The molecule has 2 aromatic carbocycles. The second-order valence-electron chi connectivity index (χ2n) is 5.33. The smallest absolute Gasteiger partial charge is 0.238 e. The number of para-hydroxylation sites is 1. The first-order valence-corrected chi connectivity index (χ1v) is 7.38. The molecule has 0 atom stereocenters. The number of amides is 1. The van der Waals surface area contributed by atoms with E-state index in [1.807, 2.05) is 38.1 Å². The van der Waals surface area contributed by atoms with Gasteiger partial charge in [0.2, 0.25) is 5.91 Å². The van der Waals surface area contributed by atoms with E-state index in [2.05, 4.69) is 10.6 Å². The van der Waals surface area contributed by atoms with Crippen LogP contribution in [-0.2, 0) is 11.2 Å². The standard InChI is InChI=1S/C18H21FN2O/c1-13-6-5-7-14(2)18(13)21-17(22)12-20-11-10-15-8-3-4-9-16(15)19/h3-9,20H,10-12H2,1-2H3,(H,21,22). The number of hydrogen-bond donors (Lipinski definition) is 2. The molecule has 0 saturated carbocycles. The van der Waals surface area contributed by atoms with Crippen LogP contribution in [0.1, 0.15) is 16.7 Å². The van der Waals surface area contributed by atoms with Crippen LogP contribution in [0.25, 0.3) is 0 Å². The van der Waals surface area contributed by atoms with Crippen LogP contribution in [0.15, 0.2) is 42.5 Å². The van der Waals surface area contributed by atoms with Crippen LogP contribution in [0.3, 0.4) is 0 Å². The van der Waals surface area contributed by atoms with Gasteiger partial charge in [0.1, 0.15) is 5.82 Å². The molecule has 0 spiro atoms. The van der Waals surface area contributed by atoms with E-state index >= 15 is 0 Å². The third-order valence-corrected chi connectivity index (χ3v) is 3.56. The van der Waals surface area contributed by atoms with Crippen LogP contribution in [0.4, 0.5) is 10.1 Å². The molecule has 2 N–H and O–H groups in total. The highest BCUT2D eigenvalue weighted by Crippen LogP contribution is 2.18. The first-order valence-electron chi connectivity index (χ1n) is 7.38. The van der Waals surface area contributed by atoms with Crippen molar-refractivity contribution in [2.75, 3.05) is 18.4 Å². The predicted molar refractivity (Wildman–Crippen MR) is 87.5 cm³/mol. The summed E-state index contributed by atoms with van der Waals surface area (Å²) in [4.78, 5) is 11.9. The van der Waals surface area contributed by atoms with E-state index in [-0.39, 0.29) is 18.3 Å². The lowest BCUT2D eigenvalue weighted by molar-refractivity contribution is -0.115. The Balaban J connectivity index is 1.78. The molecule has 0 fully saturated rings. The molecule has 2 rings (SSSR count). The number of hydrogen-bond acceptors (Lipinski definition) is 2. The molecule has 0 aromatic heterocycles. The fraction of sp³-hybridized carbons (Fsp3) is 0.278. The van der Waals surface area contributed by atoms with Gasteiger partial charge >= 0.3 is 0 Å². The Morgan fingerprint density at radius 2 is 1.73 bits per heavy atom. The Labute approximate surface area is 130 Å². The number of carbonyl (C=O) groups is 1. The zero-order valence-electron chi connectivity index (χ0n) is 12.9. The lowest BCUT2D eigenvalue weighted by Crippen LogP contribution is -2.30. The molecule has 116 valence electrons. The first kappa shape index (κ1) is 16.2. The van der Waals surface area contributed by atoms with Crippen molar-refractivity contribution in [1.29, 1.82) is 0 Å². The number of nitrogens with one attached hydrogen (secondary N) is 2. The molecule has 3 nitrogen and oxygen atoms in total. The number of aryl methyl sites for hydroxylation is 2. The van der Waals surface area contributed by atoms with Gasteiger partial charge in [-0.2, -0.15) is 0 Å². The summed E-state index contributed by atoms with van der Waals surface area (Å²) in [5, 5.41) is 5.95. The molecule has 4 heteroatoms. The van der Waals surface area contributed by atoms with Crippen molar-refractivity contribution in [3.05, 3.63) is 65.0 Å². The maximum absolute atomic E-state index is 13.4. The van der Waals surface area contributed by atoms with Gasteiger partial charge in [0, 0.05) is 5.69 Å². The first-order chi connectivity index (χ1) is 10.6. The van der Waals surface area contributed by atoms with Gasteiger partial charge in [-0.05, 0) is 49.6 Å². The van der Waals surface area contributed by atoms with E-state index in [4.69, 9.17) is 0 Å². The lowest BCUT2D eigenvalue weighted by atomic mass is 10.1. The Hall–Kier alpha value is -2.20. The van der Waals surface area contributed by atoms with Gasteiger partial charge in [-0.3, -0.25) is 4.79 Å². The summed E-state index contributed by atoms with van der Waals surface area (Å²) in [5.41, 5.74) is 3.60. The van der Waals surface area contributed by atoms with Crippen LogP contribution in [0.5, 0.6) is 0 Å². The normalized spacial score (nSPS) is 10.5. The largest absolute Gasteiger partial charge is 0.324 e. The van der Waals surface area contributed by atoms with Crippen LogP contribution >= 0.6 is 0 Å². The molecule has 0 unspecified atom stereocenters. The summed E-state index contributed by atoms with van der Waals surface area (Å²) in [6.07, 6.45) is 0.559. The third kappa shape index (κ3) is 4.40. The van der Waals surface area contributed by atoms with Crippen molar-refractivity contribution >= 4 is 11.6 Å². The topological polar surface area (TPSA) is 41.1 Å². The van der Waals surface area contributed by atoms with Gasteiger partial charge in [0.05, 0.1) is 6.54 Å². The number of carbonyl (C=O) groups excluding carboxylic acids is 1. The van der Waals surface area contributed by atoms with Gasteiger partial charge in [0.15, 0.2) is 0 Å². The summed E-state index contributed by atoms with van der Waals surface area (Å²) in [7, 11) is 0. The second-order valence-corrected chi connectivity index (χ2v) is 5.33.